The number of rotatable bonds is 6. The highest BCUT2D eigenvalue weighted by atomic mass is 32.2. The summed E-state index contributed by atoms with van der Waals surface area (Å²) < 4.78 is 5.67. The van der Waals surface area contributed by atoms with Gasteiger partial charge in [0.25, 0.3) is 0 Å². The molecule has 0 radical (unpaired) electrons. The lowest BCUT2D eigenvalue weighted by atomic mass is 9.88. The Morgan fingerprint density at radius 1 is 1.37 bits per heavy atom. The lowest BCUT2D eigenvalue weighted by Gasteiger charge is -2.31. The van der Waals surface area contributed by atoms with Crippen LogP contribution in [-0.2, 0) is 4.74 Å². The summed E-state index contributed by atoms with van der Waals surface area (Å²) in [6.45, 7) is 5.12. The summed E-state index contributed by atoms with van der Waals surface area (Å²) in [5, 5.41) is 3.71. The third-order valence-corrected chi connectivity index (χ3v) is 4.50. The second kappa shape index (κ2) is 7.93. The van der Waals surface area contributed by atoms with Crippen molar-refractivity contribution < 1.29 is 4.74 Å². The van der Waals surface area contributed by atoms with E-state index in [1.807, 2.05) is 0 Å². The minimum Gasteiger partial charge on any atom is -0.381 e. The van der Waals surface area contributed by atoms with Gasteiger partial charge in [-0.3, -0.25) is 0 Å². The molecule has 0 saturated carbocycles. The molecule has 1 saturated heterocycles. The maximum Gasteiger partial charge on any atom is 0.0512 e. The van der Waals surface area contributed by atoms with Gasteiger partial charge in [0.1, 0.15) is 0 Å². The lowest BCUT2D eigenvalue weighted by molar-refractivity contribution is 0.0390. The SMILES string of the molecule is CCCNC(c1ccc(SC)cc1)C1CCCOC1. The van der Waals surface area contributed by atoms with Crippen LogP contribution in [0.2, 0.25) is 0 Å². The van der Waals surface area contributed by atoms with E-state index in [1.54, 1.807) is 11.8 Å². The molecule has 0 amide bonds. The van der Waals surface area contributed by atoms with E-state index in [1.165, 1.54) is 29.7 Å². The lowest BCUT2D eigenvalue weighted by Crippen LogP contribution is -2.33. The molecule has 1 aliphatic rings. The zero-order valence-electron chi connectivity index (χ0n) is 12.0. The number of benzene rings is 1. The van der Waals surface area contributed by atoms with E-state index >= 15 is 0 Å². The van der Waals surface area contributed by atoms with Crippen molar-refractivity contribution in [1.82, 2.24) is 5.32 Å². The molecule has 2 unspecified atom stereocenters. The van der Waals surface area contributed by atoms with E-state index in [4.69, 9.17) is 4.74 Å². The third-order valence-electron chi connectivity index (χ3n) is 3.76. The first-order valence-electron chi connectivity index (χ1n) is 7.30. The zero-order valence-corrected chi connectivity index (χ0v) is 12.8. The van der Waals surface area contributed by atoms with Crippen LogP contribution in [0.3, 0.4) is 0 Å². The number of hydrogen-bond donors (Lipinski definition) is 1. The van der Waals surface area contributed by atoms with Gasteiger partial charge < -0.3 is 10.1 Å². The predicted molar refractivity (Wildman–Crippen MR) is 82.8 cm³/mol. The quantitative estimate of drug-likeness (QED) is 0.799. The van der Waals surface area contributed by atoms with Crippen molar-refractivity contribution in [3.05, 3.63) is 29.8 Å². The second-order valence-corrected chi connectivity index (χ2v) is 6.06. The van der Waals surface area contributed by atoms with Crippen LogP contribution in [0.5, 0.6) is 0 Å². The van der Waals surface area contributed by atoms with E-state index in [-0.39, 0.29) is 0 Å². The van der Waals surface area contributed by atoms with Crippen LogP contribution < -0.4 is 5.32 Å². The van der Waals surface area contributed by atoms with Gasteiger partial charge in [-0.1, -0.05) is 19.1 Å². The molecule has 1 N–H and O–H groups in total. The molecule has 19 heavy (non-hydrogen) atoms. The van der Waals surface area contributed by atoms with Crippen LogP contribution in [-0.4, -0.2) is 26.0 Å². The summed E-state index contributed by atoms with van der Waals surface area (Å²) in [4.78, 5) is 1.33. The van der Waals surface area contributed by atoms with Gasteiger partial charge in [0.15, 0.2) is 0 Å². The van der Waals surface area contributed by atoms with E-state index < -0.39 is 0 Å². The Labute approximate surface area is 121 Å². The first kappa shape index (κ1) is 14.9. The highest BCUT2D eigenvalue weighted by Gasteiger charge is 2.24. The highest BCUT2D eigenvalue weighted by Crippen LogP contribution is 2.30. The van der Waals surface area contributed by atoms with Gasteiger partial charge in [-0.15, -0.1) is 11.8 Å². The molecule has 2 nitrogen and oxygen atoms in total. The summed E-state index contributed by atoms with van der Waals surface area (Å²) in [5.74, 6) is 0.612. The fraction of sp³-hybridized carbons (Fsp3) is 0.625. The zero-order chi connectivity index (χ0) is 13.5. The van der Waals surface area contributed by atoms with Gasteiger partial charge in [0.2, 0.25) is 0 Å². The van der Waals surface area contributed by atoms with Gasteiger partial charge in [0.05, 0.1) is 6.61 Å². The smallest absolute Gasteiger partial charge is 0.0512 e. The summed E-state index contributed by atoms with van der Waals surface area (Å²) in [5.41, 5.74) is 1.40. The van der Waals surface area contributed by atoms with Gasteiger partial charge in [0, 0.05) is 23.5 Å². The number of ether oxygens (including phenoxy) is 1. The first-order chi connectivity index (χ1) is 9.35. The van der Waals surface area contributed by atoms with Crippen molar-refractivity contribution in [2.24, 2.45) is 5.92 Å². The van der Waals surface area contributed by atoms with Crippen LogP contribution in [0.1, 0.15) is 37.8 Å². The normalized spacial score (nSPS) is 21.3. The molecule has 1 aliphatic heterocycles. The minimum absolute atomic E-state index is 0.441. The van der Waals surface area contributed by atoms with Gasteiger partial charge >= 0.3 is 0 Å². The Hall–Kier alpha value is -0.510. The Morgan fingerprint density at radius 2 is 2.16 bits per heavy atom. The summed E-state index contributed by atoms with van der Waals surface area (Å²) >= 11 is 1.80. The minimum atomic E-state index is 0.441. The van der Waals surface area contributed by atoms with Crippen molar-refractivity contribution >= 4 is 11.8 Å². The largest absolute Gasteiger partial charge is 0.381 e. The average Bonchev–Trinajstić information content (AvgIpc) is 2.49. The molecule has 3 heteroatoms. The summed E-state index contributed by atoms with van der Waals surface area (Å²) in [6, 6.07) is 9.44. The van der Waals surface area contributed by atoms with Crippen LogP contribution in [0.4, 0.5) is 0 Å². The molecule has 2 rings (SSSR count). The van der Waals surface area contributed by atoms with Crippen molar-refractivity contribution in [3.63, 3.8) is 0 Å². The molecule has 0 spiro atoms. The maximum absolute atomic E-state index is 5.67. The Morgan fingerprint density at radius 3 is 2.74 bits per heavy atom. The molecule has 0 aromatic heterocycles. The highest BCUT2D eigenvalue weighted by molar-refractivity contribution is 7.98. The molecule has 0 bridgehead atoms. The second-order valence-electron chi connectivity index (χ2n) is 5.18. The number of nitrogens with one attached hydrogen (secondary N) is 1. The van der Waals surface area contributed by atoms with Crippen LogP contribution in [0.15, 0.2) is 29.2 Å². The molecule has 2 atom stereocenters. The van der Waals surface area contributed by atoms with E-state index in [9.17, 15) is 0 Å². The molecule has 1 fully saturated rings. The Bertz CT molecular complexity index is 360. The monoisotopic (exact) mass is 279 g/mol. The van der Waals surface area contributed by atoms with Crippen molar-refractivity contribution in [2.75, 3.05) is 26.0 Å². The van der Waals surface area contributed by atoms with Gasteiger partial charge in [-0.2, -0.15) is 0 Å². The molecule has 106 valence electrons. The van der Waals surface area contributed by atoms with Crippen LogP contribution in [0, 0.1) is 5.92 Å². The Kier molecular flexibility index (Phi) is 6.21. The van der Waals surface area contributed by atoms with E-state index in [0.717, 1.165) is 19.8 Å². The molecule has 1 heterocycles. The maximum atomic E-state index is 5.67. The van der Waals surface area contributed by atoms with Crippen LogP contribution in [0.25, 0.3) is 0 Å². The predicted octanol–water partition coefficient (Wildman–Crippen LogP) is 3.88. The number of thioether (sulfide) groups is 1. The molecular formula is C16H25NOS. The van der Waals surface area contributed by atoms with E-state index in [2.05, 4.69) is 42.8 Å². The standard InChI is InChI=1S/C16H25NOS/c1-3-10-17-16(14-5-4-11-18-12-14)13-6-8-15(19-2)9-7-13/h6-9,14,16-17H,3-5,10-12H2,1-2H3. The number of hydrogen-bond acceptors (Lipinski definition) is 3. The van der Waals surface area contributed by atoms with Gasteiger partial charge in [-0.25, -0.2) is 0 Å². The van der Waals surface area contributed by atoms with Crippen molar-refractivity contribution in [3.8, 4) is 0 Å². The molecule has 0 aliphatic carbocycles. The molecule has 1 aromatic rings. The fourth-order valence-electron chi connectivity index (χ4n) is 2.70. The third kappa shape index (κ3) is 4.23. The molecular weight excluding hydrogens is 254 g/mol. The summed E-state index contributed by atoms with van der Waals surface area (Å²) in [6.07, 6.45) is 5.76. The topological polar surface area (TPSA) is 21.3 Å². The fourth-order valence-corrected chi connectivity index (χ4v) is 3.10. The average molecular weight is 279 g/mol. The molecule has 1 aromatic carbocycles. The van der Waals surface area contributed by atoms with Crippen molar-refractivity contribution in [1.29, 1.82) is 0 Å². The van der Waals surface area contributed by atoms with Gasteiger partial charge in [-0.05, 0) is 49.8 Å². The van der Waals surface area contributed by atoms with Crippen molar-refractivity contribution in [2.45, 2.75) is 37.1 Å². The first-order valence-corrected chi connectivity index (χ1v) is 8.52. The summed E-state index contributed by atoms with van der Waals surface area (Å²) in [7, 11) is 0. The Balaban J connectivity index is 2.10. The van der Waals surface area contributed by atoms with Crippen LogP contribution >= 0.6 is 11.8 Å². The van der Waals surface area contributed by atoms with E-state index in [0.29, 0.717) is 12.0 Å².